The molecule has 88 valence electrons. The molecule has 0 unspecified atom stereocenters. The highest BCUT2D eigenvalue weighted by molar-refractivity contribution is 6.14. The highest BCUT2D eigenvalue weighted by Gasteiger charge is 2.29. The number of rotatable bonds is 0. The number of methoxy groups -OCH3 is 1. The van der Waals surface area contributed by atoms with E-state index < -0.39 is 0 Å². The van der Waals surface area contributed by atoms with Gasteiger partial charge in [-0.15, -0.1) is 0 Å². The number of ether oxygens (including phenoxy) is 1. The fourth-order valence-electron chi connectivity index (χ4n) is 0.799. The molecule has 1 saturated heterocycles. The van der Waals surface area contributed by atoms with Crippen molar-refractivity contribution in [2.45, 2.75) is 6.42 Å². The van der Waals surface area contributed by atoms with Crippen LogP contribution in [0.3, 0.4) is 0 Å². The van der Waals surface area contributed by atoms with Gasteiger partial charge in [0.1, 0.15) is 6.42 Å². The third kappa shape index (κ3) is 5.93. The van der Waals surface area contributed by atoms with Crippen molar-refractivity contribution in [1.82, 2.24) is 4.90 Å². The van der Waals surface area contributed by atoms with E-state index in [-0.39, 0.29) is 18.2 Å². The van der Waals surface area contributed by atoms with E-state index in [9.17, 15) is 9.59 Å². The van der Waals surface area contributed by atoms with Crippen LogP contribution in [0.1, 0.15) is 6.42 Å². The molecule has 1 aliphatic rings. The van der Waals surface area contributed by atoms with E-state index in [1.807, 2.05) is 36.4 Å². The normalized spacial score (nSPS) is 12.8. The van der Waals surface area contributed by atoms with Crippen LogP contribution in [-0.4, -0.2) is 38.0 Å². The standard InChI is InChI=1S/C6H6.C4H5NO2.C2H6O/c1-2-4-6-5-3-1;1-5-3(6)2-4(5)7;1-3-2/h1-6H;2H2,1H3;1-2H3. The summed E-state index contributed by atoms with van der Waals surface area (Å²) in [6.07, 6.45) is 0.108. The van der Waals surface area contributed by atoms with Crippen molar-refractivity contribution in [3.05, 3.63) is 36.4 Å². The minimum atomic E-state index is -0.0787. The summed E-state index contributed by atoms with van der Waals surface area (Å²) in [4.78, 5) is 21.4. The topological polar surface area (TPSA) is 46.6 Å². The van der Waals surface area contributed by atoms with Gasteiger partial charge in [0.25, 0.3) is 0 Å². The summed E-state index contributed by atoms with van der Waals surface area (Å²) < 4.78 is 4.25. The fourth-order valence-corrected chi connectivity index (χ4v) is 0.799. The molecule has 1 fully saturated rings. The van der Waals surface area contributed by atoms with Gasteiger partial charge in [-0.3, -0.25) is 14.5 Å². The molecule has 0 bridgehead atoms. The van der Waals surface area contributed by atoms with Crippen molar-refractivity contribution in [1.29, 1.82) is 0 Å². The predicted octanol–water partition coefficient (Wildman–Crippen LogP) is 1.32. The molecule has 1 heterocycles. The first kappa shape index (κ1) is 14.3. The van der Waals surface area contributed by atoms with Gasteiger partial charge in [-0.1, -0.05) is 36.4 Å². The maximum Gasteiger partial charge on any atom is 0.238 e. The zero-order chi connectivity index (χ0) is 12.4. The molecule has 1 aromatic carbocycles. The largest absolute Gasteiger partial charge is 0.388 e. The summed E-state index contributed by atoms with van der Waals surface area (Å²) in [6, 6.07) is 12.0. The smallest absolute Gasteiger partial charge is 0.238 e. The molecule has 16 heavy (non-hydrogen) atoms. The zero-order valence-corrected chi connectivity index (χ0v) is 9.84. The number of carbonyl (C=O) groups excluding carboxylic acids is 2. The summed E-state index contributed by atoms with van der Waals surface area (Å²) in [5.41, 5.74) is 0. The molecule has 0 radical (unpaired) electrons. The van der Waals surface area contributed by atoms with Crippen molar-refractivity contribution < 1.29 is 14.3 Å². The van der Waals surface area contributed by atoms with Crippen LogP contribution >= 0.6 is 0 Å². The Morgan fingerprint density at radius 3 is 1.25 bits per heavy atom. The van der Waals surface area contributed by atoms with Gasteiger partial charge in [-0.05, 0) is 0 Å². The highest BCUT2D eigenvalue weighted by atomic mass is 16.4. The monoisotopic (exact) mass is 223 g/mol. The second-order valence-electron chi connectivity index (χ2n) is 3.09. The molecule has 0 aliphatic carbocycles. The van der Waals surface area contributed by atoms with Crippen molar-refractivity contribution in [3.8, 4) is 0 Å². The van der Waals surface area contributed by atoms with Crippen molar-refractivity contribution in [3.63, 3.8) is 0 Å². The van der Waals surface area contributed by atoms with E-state index in [1.54, 1.807) is 14.2 Å². The van der Waals surface area contributed by atoms with Crippen LogP contribution in [0.5, 0.6) is 0 Å². The molecular formula is C12H17NO3. The first-order valence-electron chi connectivity index (χ1n) is 4.83. The fraction of sp³-hybridized carbons (Fsp3) is 0.333. The van der Waals surface area contributed by atoms with Crippen LogP contribution in [0, 0.1) is 0 Å². The van der Waals surface area contributed by atoms with Crippen LogP contribution in [0.4, 0.5) is 0 Å². The summed E-state index contributed by atoms with van der Waals surface area (Å²) in [5.74, 6) is -0.157. The Hall–Kier alpha value is -1.68. The van der Waals surface area contributed by atoms with Crippen LogP contribution in [0.2, 0.25) is 0 Å². The molecule has 0 aromatic heterocycles. The number of likely N-dealkylation sites (tertiary alicyclic amines) is 1. The van der Waals surface area contributed by atoms with Gasteiger partial charge in [-0.25, -0.2) is 0 Å². The molecule has 2 amide bonds. The van der Waals surface area contributed by atoms with Crippen LogP contribution < -0.4 is 0 Å². The number of benzene rings is 1. The van der Waals surface area contributed by atoms with Gasteiger partial charge < -0.3 is 4.74 Å². The summed E-state index contributed by atoms with van der Waals surface area (Å²) in [5, 5.41) is 0. The number of imide groups is 1. The Morgan fingerprint density at radius 2 is 1.19 bits per heavy atom. The van der Waals surface area contributed by atoms with E-state index in [0.717, 1.165) is 4.90 Å². The quantitative estimate of drug-likeness (QED) is 0.492. The molecule has 0 N–H and O–H groups in total. The maximum atomic E-state index is 10.1. The van der Waals surface area contributed by atoms with Crippen LogP contribution in [-0.2, 0) is 14.3 Å². The first-order valence-corrected chi connectivity index (χ1v) is 4.83. The number of amides is 2. The van der Waals surface area contributed by atoms with E-state index >= 15 is 0 Å². The van der Waals surface area contributed by atoms with Crippen LogP contribution in [0.15, 0.2) is 36.4 Å². The maximum absolute atomic E-state index is 10.1. The number of carbonyl (C=O) groups is 2. The van der Waals surface area contributed by atoms with Crippen molar-refractivity contribution >= 4 is 11.8 Å². The molecule has 4 heteroatoms. The summed E-state index contributed by atoms with van der Waals surface area (Å²) in [7, 11) is 4.73. The van der Waals surface area contributed by atoms with Gasteiger partial charge in [0, 0.05) is 21.3 Å². The molecule has 0 atom stereocenters. The number of nitrogens with zero attached hydrogens (tertiary/aromatic N) is 1. The molecule has 0 saturated carbocycles. The van der Waals surface area contributed by atoms with Crippen LogP contribution in [0.25, 0.3) is 0 Å². The summed E-state index contributed by atoms with van der Waals surface area (Å²) >= 11 is 0. The van der Waals surface area contributed by atoms with E-state index in [0.29, 0.717) is 0 Å². The summed E-state index contributed by atoms with van der Waals surface area (Å²) in [6.45, 7) is 0. The van der Waals surface area contributed by atoms with E-state index in [2.05, 4.69) is 4.74 Å². The average Bonchev–Trinajstić information content (AvgIpc) is 2.33. The lowest BCUT2D eigenvalue weighted by molar-refractivity contribution is -0.155. The molecule has 4 nitrogen and oxygen atoms in total. The lowest BCUT2D eigenvalue weighted by Gasteiger charge is -2.22. The Balaban J connectivity index is 0.000000230. The predicted molar refractivity (Wildman–Crippen MR) is 61.8 cm³/mol. The van der Waals surface area contributed by atoms with Gasteiger partial charge in [0.15, 0.2) is 0 Å². The molecule has 0 spiro atoms. The van der Waals surface area contributed by atoms with Gasteiger partial charge in [0.2, 0.25) is 11.8 Å². The van der Waals surface area contributed by atoms with Crippen molar-refractivity contribution in [2.75, 3.05) is 21.3 Å². The Morgan fingerprint density at radius 1 is 0.938 bits per heavy atom. The second kappa shape index (κ2) is 8.61. The Kier molecular flexibility index (Phi) is 7.71. The minimum Gasteiger partial charge on any atom is -0.388 e. The molecule has 1 aromatic rings. The lowest BCUT2D eigenvalue weighted by atomic mass is 10.2. The molecule has 1 aliphatic heterocycles. The Bertz CT molecular complexity index is 271. The first-order chi connectivity index (χ1) is 7.63. The number of hydrogen-bond donors (Lipinski definition) is 0. The highest BCUT2D eigenvalue weighted by Crippen LogP contribution is 2.05. The second-order valence-corrected chi connectivity index (χ2v) is 3.09. The average molecular weight is 223 g/mol. The van der Waals surface area contributed by atoms with Gasteiger partial charge in [-0.2, -0.15) is 0 Å². The third-order valence-corrected chi connectivity index (χ3v) is 1.72. The third-order valence-electron chi connectivity index (χ3n) is 1.72. The SMILES string of the molecule is CN1C(=O)CC1=O.COC.c1ccccc1. The van der Waals surface area contributed by atoms with E-state index in [1.165, 1.54) is 7.05 Å². The molecule has 2 rings (SSSR count). The number of β-lactam (4-membered cyclic amide) rings is 2. The van der Waals surface area contributed by atoms with Gasteiger partial charge in [0.05, 0.1) is 0 Å². The zero-order valence-electron chi connectivity index (χ0n) is 9.84. The lowest BCUT2D eigenvalue weighted by Crippen LogP contribution is -2.45. The Labute approximate surface area is 95.8 Å². The minimum absolute atomic E-state index is 0.0787. The van der Waals surface area contributed by atoms with Crippen molar-refractivity contribution in [2.24, 2.45) is 0 Å². The van der Waals surface area contributed by atoms with Gasteiger partial charge >= 0.3 is 0 Å². The molecular weight excluding hydrogens is 206 g/mol. The number of hydrogen-bond acceptors (Lipinski definition) is 3. The van der Waals surface area contributed by atoms with E-state index in [4.69, 9.17) is 0 Å².